The Kier molecular flexibility index (Phi) is 8.74. The molecule has 6 heteroatoms. The fourth-order valence-corrected chi connectivity index (χ4v) is 3.82. The molecule has 3 rings (SSSR count). The number of nitrogens with zero attached hydrogens (tertiary/aromatic N) is 2. The van der Waals surface area contributed by atoms with Crippen molar-refractivity contribution in [2.45, 2.75) is 41.0 Å². The number of phenols is 1. The number of aromatic hydroxyl groups is 1. The minimum atomic E-state index is -0.322. The van der Waals surface area contributed by atoms with Crippen LogP contribution in [0.15, 0.2) is 64.4 Å². The Hall–Kier alpha value is -2.99. The van der Waals surface area contributed by atoms with Gasteiger partial charge in [-0.3, -0.25) is 9.98 Å². The lowest BCUT2D eigenvalue weighted by molar-refractivity contribution is -0.138. The molecule has 0 aliphatic heterocycles. The van der Waals surface area contributed by atoms with Gasteiger partial charge in [0.1, 0.15) is 5.75 Å². The molecule has 3 aromatic rings. The Morgan fingerprint density at radius 2 is 1.93 bits per heavy atom. The van der Waals surface area contributed by atoms with Crippen LogP contribution >= 0.6 is 11.3 Å². The van der Waals surface area contributed by atoms with Crippen molar-refractivity contribution in [3.8, 4) is 5.75 Å². The Labute approximate surface area is 181 Å². The third kappa shape index (κ3) is 6.00. The van der Waals surface area contributed by atoms with Gasteiger partial charge in [-0.2, -0.15) is 0 Å². The largest absolute Gasteiger partial charge is 0.507 e. The van der Waals surface area contributed by atoms with Crippen molar-refractivity contribution in [2.24, 2.45) is 4.99 Å². The van der Waals surface area contributed by atoms with Crippen LogP contribution in [0, 0.1) is 0 Å². The summed E-state index contributed by atoms with van der Waals surface area (Å²) in [6.07, 6.45) is 4.44. The molecule has 0 aliphatic rings. The zero-order valence-electron chi connectivity index (χ0n) is 18.1. The van der Waals surface area contributed by atoms with E-state index in [4.69, 9.17) is 4.74 Å². The second-order valence-corrected chi connectivity index (χ2v) is 7.55. The average molecular weight is 425 g/mol. The number of carbonyl (C=O) groups is 1. The molecule has 1 N–H and O–H groups in total. The fourth-order valence-electron chi connectivity index (χ4n) is 2.76. The number of fused-ring (bicyclic) bond motifs is 1. The third-order valence-corrected chi connectivity index (χ3v) is 5.57. The Balaban J connectivity index is 0.000000230. The van der Waals surface area contributed by atoms with Gasteiger partial charge in [0.05, 0.1) is 12.2 Å². The predicted molar refractivity (Wildman–Crippen MR) is 124 cm³/mol. The molecule has 0 saturated heterocycles. The van der Waals surface area contributed by atoms with E-state index in [-0.39, 0.29) is 5.97 Å². The van der Waals surface area contributed by atoms with E-state index in [1.165, 1.54) is 10.3 Å². The number of allylic oxidation sites excluding steroid dienone is 1. The summed E-state index contributed by atoms with van der Waals surface area (Å²) in [5.74, 6) is 0.0864. The zero-order valence-corrected chi connectivity index (χ0v) is 18.9. The summed E-state index contributed by atoms with van der Waals surface area (Å²) in [6, 6.07) is 9.45. The van der Waals surface area contributed by atoms with Crippen LogP contribution in [0.2, 0.25) is 0 Å². The van der Waals surface area contributed by atoms with Gasteiger partial charge in [0.15, 0.2) is 0 Å². The number of aromatic nitrogens is 1. The van der Waals surface area contributed by atoms with Crippen LogP contribution in [0.5, 0.6) is 5.75 Å². The van der Waals surface area contributed by atoms with Crippen LogP contribution in [0.1, 0.15) is 45.7 Å². The number of ether oxygens (including phenoxy) is 1. The first-order valence-corrected chi connectivity index (χ1v) is 10.7. The van der Waals surface area contributed by atoms with Crippen LogP contribution < -0.4 is 0 Å². The molecular weight excluding hydrogens is 396 g/mol. The Morgan fingerprint density at radius 1 is 1.17 bits per heavy atom. The van der Waals surface area contributed by atoms with E-state index in [0.717, 1.165) is 23.1 Å². The van der Waals surface area contributed by atoms with E-state index < -0.39 is 0 Å². The van der Waals surface area contributed by atoms with Crippen molar-refractivity contribution < 1.29 is 14.6 Å². The number of hydrogen-bond donors (Lipinski definition) is 1. The SMILES string of the molecule is CCOC(=O)/C(C)=C(\C)N=C(C)c1cccnc1.CCc1csc2cccc(O)c12. The average Bonchev–Trinajstić information content (AvgIpc) is 3.19. The fraction of sp³-hybridized carbons (Fsp3) is 0.292. The number of rotatable bonds is 5. The summed E-state index contributed by atoms with van der Waals surface area (Å²) in [5, 5.41) is 12.7. The van der Waals surface area contributed by atoms with Crippen molar-refractivity contribution in [3.05, 3.63) is 70.5 Å². The Bertz CT molecular complexity index is 1050. The molecule has 0 saturated carbocycles. The molecule has 0 spiro atoms. The highest BCUT2D eigenvalue weighted by atomic mass is 32.1. The second kappa shape index (κ2) is 11.3. The summed E-state index contributed by atoms with van der Waals surface area (Å²) in [4.78, 5) is 20.0. The molecule has 0 atom stereocenters. The predicted octanol–water partition coefficient (Wildman–Crippen LogP) is 5.92. The lowest BCUT2D eigenvalue weighted by atomic mass is 10.1. The maximum Gasteiger partial charge on any atom is 0.335 e. The number of pyridine rings is 1. The number of phenolic OH excluding ortho intramolecular Hbond substituents is 1. The van der Waals surface area contributed by atoms with Gasteiger partial charge in [0.2, 0.25) is 0 Å². The summed E-state index contributed by atoms with van der Waals surface area (Å²) in [6.45, 7) is 9.66. The lowest BCUT2D eigenvalue weighted by Crippen LogP contribution is -2.07. The summed E-state index contributed by atoms with van der Waals surface area (Å²) in [7, 11) is 0. The van der Waals surface area contributed by atoms with Crippen molar-refractivity contribution in [3.63, 3.8) is 0 Å². The smallest absolute Gasteiger partial charge is 0.335 e. The van der Waals surface area contributed by atoms with Crippen LogP contribution in [-0.4, -0.2) is 28.4 Å². The molecule has 0 fully saturated rings. The van der Waals surface area contributed by atoms with Crippen molar-refractivity contribution >= 4 is 33.1 Å². The van der Waals surface area contributed by atoms with E-state index in [2.05, 4.69) is 22.3 Å². The topological polar surface area (TPSA) is 71.8 Å². The van der Waals surface area contributed by atoms with E-state index in [1.54, 1.807) is 50.6 Å². The highest BCUT2D eigenvalue weighted by molar-refractivity contribution is 7.17. The third-order valence-electron chi connectivity index (χ3n) is 4.57. The molecule has 2 heterocycles. The molecule has 1 aromatic carbocycles. The molecule has 0 amide bonds. The Morgan fingerprint density at radius 3 is 2.57 bits per heavy atom. The highest BCUT2D eigenvalue weighted by Gasteiger charge is 2.08. The van der Waals surface area contributed by atoms with Crippen molar-refractivity contribution in [1.29, 1.82) is 0 Å². The zero-order chi connectivity index (χ0) is 22.1. The summed E-state index contributed by atoms with van der Waals surface area (Å²) < 4.78 is 6.11. The molecular formula is C24H28N2O3S. The van der Waals surface area contributed by atoms with Crippen LogP contribution in [0.3, 0.4) is 0 Å². The molecule has 2 aromatic heterocycles. The van der Waals surface area contributed by atoms with Crippen molar-refractivity contribution in [1.82, 2.24) is 4.98 Å². The first-order chi connectivity index (χ1) is 14.4. The van der Waals surface area contributed by atoms with Gasteiger partial charge in [-0.05, 0) is 63.3 Å². The number of esters is 1. The highest BCUT2D eigenvalue weighted by Crippen LogP contribution is 2.32. The molecule has 5 nitrogen and oxygen atoms in total. The molecule has 0 unspecified atom stereocenters. The number of aryl methyl sites for hydroxylation is 1. The van der Waals surface area contributed by atoms with Gasteiger partial charge in [-0.15, -0.1) is 11.3 Å². The number of aliphatic imine (C=N–C) groups is 1. The van der Waals surface area contributed by atoms with Gasteiger partial charge in [-0.1, -0.05) is 19.1 Å². The number of thiophene rings is 1. The van der Waals surface area contributed by atoms with Crippen LogP contribution in [-0.2, 0) is 16.0 Å². The summed E-state index contributed by atoms with van der Waals surface area (Å²) in [5.41, 5.74) is 4.20. The monoisotopic (exact) mass is 424 g/mol. The van der Waals surface area contributed by atoms with E-state index in [0.29, 0.717) is 23.6 Å². The van der Waals surface area contributed by atoms with Gasteiger partial charge in [0.25, 0.3) is 0 Å². The van der Waals surface area contributed by atoms with E-state index >= 15 is 0 Å². The molecule has 0 bridgehead atoms. The molecule has 0 aliphatic carbocycles. The molecule has 30 heavy (non-hydrogen) atoms. The molecule has 0 radical (unpaired) electrons. The minimum Gasteiger partial charge on any atom is -0.507 e. The van der Waals surface area contributed by atoms with Gasteiger partial charge in [-0.25, -0.2) is 4.79 Å². The van der Waals surface area contributed by atoms with E-state index in [9.17, 15) is 9.90 Å². The second-order valence-electron chi connectivity index (χ2n) is 6.63. The summed E-state index contributed by atoms with van der Waals surface area (Å²) >= 11 is 1.69. The maximum absolute atomic E-state index is 11.5. The number of benzene rings is 1. The molecule has 158 valence electrons. The standard InChI is InChI=1S/C14H18N2O2.C10H10OS/c1-5-18-14(17)10(2)11(3)16-12(4)13-7-6-8-15-9-13;1-2-7-6-12-9-5-3-4-8(11)10(7)9/h6-9H,5H2,1-4H3;3-6,11H,2H2,1H3/b11-10+,16-12?;. The van der Waals surface area contributed by atoms with E-state index in [1.807, 2.05) is 31.2 Å². The quantitative estimate of drug-likeness (QED) is 0.314. The maximum atomic E-state index is 11.5. The first-order valence-electron chi connectivity index (χ1n) is 9.87. The number of carbonyl (C=O) groups excluding carboxylic acids is 1. The normalized spacial score (nSPS) is 12.1. The lowest BCUT2D eigenvalue weighted by Gasteiger charge is -2.05. The minimum absolute atomic E-state index is 0.322. The van der Waals surface area contributed by atoms with Crippen LogP contribution in [0.25, 0.3) is 10.1 Å². The van der Waals surface area contributed by atoms with Crippen molar-refractivity contribution in [2.75, 3.05) is 6.61 Å². The first kappa shape index (κ1) is 23.3. The van der Waals surface area contributed by atoms with Gasteiger partial charge in [0, 0.05) is 39.5 Å². The van der Waals surface area contributed by atoms with Gasteiger partial charge >= 0.3 is 5.97 Å². The van der Waals surface area contributed by atoms with Gasteiger partial charge < -0.3 is 9.84 Å². The van der Waals surface area contributed by atoms with Crippen LogP contribution in [0.4, 0.5) is 0 Å². The number of hydrogen-bond acceptors (Lipinski definition) is 6.